The minimum Gasteiger partial charge on any atom is -0.490 e. The van der Waals surface area contributed by atoms with Crippen molar-refractivity contribution in [1.29, 1.82) is 0 Å². The van der Waals surface area contributed by atoms with Crippen LogP contribution >= 0.6 is 0 Å². The van der Waals surface area contributed by atoms with E-state index < -0.39 is 12.2 Å². The minimum atomic E-state index is -0.677. The highest BCUT2D eigenvalue weighted by Crippen LogP contribution is 2.33. The fourth-order valence-electron chi connectivity index (χ4n) is 2.58. The highest BCUT2D eigenvalue weighted by atomic mass is 16.6. The lowest BCUT2D eigenvalue weighted by Gasteiger charge is -2.19. The SMILES string of the molecule is CCOc1cc(C2=NN(C(C)=O)C(c3ccncc3)O2)ccc1OC(C)=O. The smallest absolute Gasteiger partial charge is 0.308 e. The minimum absolute atomic E-state index is 0.256. The highest BCUT2D eigenvalue weighted by Gasteiger charge is 2.33. The molecule has 0 saturated carbocycles. The zero-order valence-electron chi connectivity index (χ0n) is 15.2. The second-order valence-corrected chi connectivity index (χ2v) is 5.71. The van der Waals surface area contributed by atoms with E-state index in [1.165, 1.54) is 18.9 Å². The van der Waals surface area contributed by atoms with Crippen LogP contribution in [0.4, 0.5) is 0 Å². The number of hydrogen-bond acceptors (Lipinski definition) is 7. The molecule has 1 atom stereocenters. The molecule has 0 fully saturated rings. The van der Waals surface area contributed by atoms with Gasteiger partial charge in [0.1, 0.15) is 0 Å². The molecule has 0 radical (unpaired) electrons. The number of carbonyl (C=O) groups excluding carboxylic acids is 2. The van der Waals surface area contributed by atoms with Crippen LogP contribution in [0.5, 0.6) is 11.5 Å². The molecule has 0 N–H and O–H groups in total. The lowest BCUT2D eigenvalue weighted by molar-refractivity contribution is -0.135. The van der Waals surface area contributed by atoms with Crippen molar-refractivity contribution in [3.8, 4) is 11.5 Å². The Kier molecular flexibility index (Phi) is 5.35. The molecule has 1 aromatic carbocycles. The highest BCUT2D eigenvalue weighted by molar-refractivity contribution is 5.97. The van der Waals surface area contributed by atoms with Gasteiger partial charge in [-0.25, -0.2) is 0 Å². The lowest BCUT2D eigenvalue weighted by Crippen LogP contribution is -2.25. The molecule has 1 unspecified atom stereocenters. The van der Waals surface area contributed by atoms with Crippen molar-refractivity contribution in [2.24, 2.45) is 5.10 Å². The van der Waals surface area contributed by atoms with Gasteiger partial charge in [-0.1, -0.05) is 0 Å². The van der Waals surface area contributed by atoms with Crippen LogP contribution in [0.1, 0.15) is 38.1 Å². The number of ether oxygens (including phenoxy) is 3. The molecular formula is C19H19N3O5. The maximum absolute atomic E-state index is 12.0. The van der Waals surface area contributed by atoms with Crippen molar-refractivity contribution in [1.82, 2.24) is 9.99 Å². The molecule has 0 saturated heterocycles. The Morgan fingerprint density at radius 1 is 1.15 bits per heavy atom. The average molecular weight is 369 g/mol. The van der Waals surface area contributed by atoms with Crippen LogP contribution in [-0.4, -0.2) is 34.4 Å². The van der Waals surface area contributed by atoms with E-state index >= 15 is 0 Å². The molecular weight excluding hydrogens is 350 g/mol. The van der Waals surface area contributed by atoms with Crippen LogP contribution in [-0.2, 0) is 14.3 Å². The summed E-state index contributed by atoms with van der Waals surface area (Å²) in [6.45, 7) is 4.95. The molecule has 3 rings (SSSR count). The number of aromatic nitrogens is 1. The van der Waals surface area contributed by atoms with Gasteiger partial charge in [0, 0.05) is 37.4 Å². The molecule has 0 aliphatic carbocycles. The third-order valence-electron chi connectivity index (χ3n) is 3.70. The first-order valence-corrected chi connectivity index (χ1v) is 8.40. The number of rotatable bonds is 5. The lowest BCUT2D eigenvalue weighted by atomic mass is 10.2. The summed E-state index contributed by atoms with van der Waals surface area (Å²) >= 11 is 0. The van der Waals surface area contributed by atoms with Crippen LogP contribution in [0.25, 0.3) is 0 Å². The van der Waals surface area contributed by atoms with Gasteiger partial charge in [0.05, 0.1) is 6.61 Å². The summed E-state index contributed by atoms with van der Waals surface area (Å²) in [5, 5.41) is 5.57. The summed E-state index contributed by atoms with van der Waals surface area (Å²) in [5.41, 5.74) is 1.35. The van der Waals surface area contributed by atoms with E-state index in [9.17, 15) is 9.59 Å². The first kappa shape index (κ1) is 18.4. The largest absolute Gasteiger partial charge is 0.490 e. The van der Waals surface area contributed by atoms with Gasteiger partial charge in [0.25, 0.3) is 0 Å². The Bertz CT molecular complexity index is 882. The van der Waals surface area contributed by atoms with Gasteiger partial charge in [-0.15, -0.1) is 5.10 Å². The number of hydrogen-bond donors (Lipinski definition) is 0. The van der Waals surface area contributed by atoms with E-state index in [1.807, 2.05) is 6.92 Å². The molecule has 1 amide bonds. The second-order valence-electron chi connectivity index (χ2n) is 5.71. The quantitative estimate of drug-likeness (QED) is 0.594. The Morgan fingerprint density at radius 3 is 2.52 bits per heavy atom. The monoisotopic (exact) mass is 369 g/mol. The third-order valence-corrected chi connectivity index (χ3v) is 3.70. The Hall–Kier alpha value is -3.42. The van der Waals surface area contributed by atoms with E-state index in [2.05, 4.69) is 10.1 Å². The van der Waals surface area contributed by atoms with Gasteiger partial charge in [-0.3, -0.25) is 14.6 Å². The predicted octanol–water partition coefficient (Wildman–Crippen LogP) is 2.64. The van der Waals surface area contributed by atoms with Gasteiger partial charge < -0.3 is 14.2 Å². The molecule has 2 heterocycles. The van der Waals surface area contributed by atoms with E-state index in [-0.39, 0.29) is 11.8 Å². The van der Waals surface area contributed by atoms with Gasteiger partial charge in [-0.05, 0) is 37.3 Å². The van der Waals surface area contributed by atoms with Gasteiger partial charge in [0.15, 0.2) is 11.5 Å². The first-order chi connectivity index (χ1) is 13.0. The molecule has 140 valence electrons. The Labute approximate surface area is 156 Å². The number of hydrazone groups is 1. The van der Waals surface area contributed by atoms with Crippen LogP contribution < -0.4 is 9.47 Å². The molecule has 8 nitrogen and oxygen atoms in total. The topological polar surface area (TPSA) is 90.3 Å². The van der Waals surface area contributed by atoms with Crippen molar-refractivity contribution in [2.75, 3.05) is 6.61 Å². The van der Waals surface area contributed by atoms with Gasteiger partial charge >= 0.3 is 5.97 Å². The standard InChI is InChI=1S/C19H19N3O5/c1-4-25-17-11-15(5-6-16(17)26-13(3)24)18-21-22(12(2)23)19(27-18)14-7-9-20-10-8-14/h5-11,19H,4H2,1-3H3. The number of pyridine rings is 1. The molecule has 1 aliphatic heterocycles. The van der Waals surface area contributed by atoms with E-state index in [0.717, 1.165) is 5.56 Å². The van der Waals surface area contributed by atoms with E-state index in [4.69, 9.17) is 14.2 Å². The molecule has 1 aromatic heterocycles. The average Bonchev–Trinajstić information content (AvgIpc) is 3.09. The van der Waals surface area contributed by atoms with E-state index in [1.54, 1.807) is 42.7 Å². The predicted molar refractivity (Wildman–Crippen MR) is 96.0 cm³/mol. The summed E-state index contributed by atoms with van der Waals surface area (Å²) in [6.07, 6.45) is 2.57. The molecule has 0 spiro atoms. The Morgan fingerprint density at radius 2 is 1.89 bits per heavy atom. The summed E-state index contributed by atoms with van der Waals surface area (Å²) in [6, 6.07) is 8.47. The van der Waals surface area contributed by atoms with Crippen LogP contribution in [0, 0.1) is 0 Å². The van der Waals surface area contributed by atoms with E-state index in [0.29, 0.717) is 23.7 Å². The second kappa shape index (κ2) is 7.86. The summed E-state index contributed by atoms with van der Waals surface area (Å²) in [4.78, 5) is 27.2. The summed E-state index contributed by atoms with van der Waals surface area (Å²) in [5.74, 6) is 0.258. The van der Waals surface area contributed by atoms with Crippen molar-refractivity contribution in [3.63, 3.8) is 0 Å². The fourth-order valence-corrected chi connectivity index (χ4v) is 2.58. The first-order valence-electron chi connectivity index (χ1n) is 8.40. The number of amides is 1. The zero-order chi connectivity index (χ0) is 19.4. The zero-order valence-corrected chi connectivity index (χ0v) is 15.2. The maximum atomic E-state index is 12.0. The van der Waals surface area contributed by atoms with Crippen molar-refractivity contribution in [2.45, 2.75) is 27.0 Å². The van der Waals surface area contributed by atoms with Crippen molar-refractivity contribution >= 4 is 17.8 Å². The number of esters is 1. The number of benzene rings is 1. The van der Waals surface area contributed by atoms with Gasteiger partial charge in [-0.2, -0.15) is 5.01 Å². The summed E-state index contributed by atoms with van der Waals surface area (Å²) in [7, 11) is 0. The molecule has 8 heteroatoms. The normalized spacial score (nSPS) is 15.7. The molecule has 27 heavy (non-hydrogen) atoms. The van der Waals surface area contributed by atoms with Crippen molar-refractivity contribution in [3.05, 3.63) is 53.9 Å². The van der Waals surface area contributed by atoms with Crippen LogP contribution in [0.15, 0.2) is 47.8 Å². The Balaban J connectivity index is 1.93. The number of nitrogens with zero attached hydrogens (tertiary/aromatic N) is 3. The summed E-state index contributed by atoms with van der Waals surface area (Å²) < 4.78 is 16.6. The van der Waals surface area contributed by atoms with Gasteiger partial charge in [0.2, 0.25) is 18.0 Å². The number of carbonyl (C=O) groups is 2. The molecule has 1 aliphatic rings. The van der Waals surface area contributed by atoms with Crippen molar-refractivity contribution < 1.29 is 23.8 Å². The third kappa shape index (κ3) is 4.05. The van der Waals surface area contributed by atoms with Crippen LogP contribution in [0.2, 0.25) is 0 Å². The molecule has 0 bridgehead atoms. The maximum Gasteiger partial charge on any atom is 0.308 e. The molecule has 2 aromatic rings. The van der Waals surface area contributed by atoms with Crippen LogP contribution in [0.3, 0.4) is 0 Å². The fraction of sp³-hybridized carbons (Fsp3) is 0.263.